The van der Waals surface area contributed by atoms with E-state index in [2.05, 4.69) is 0 Å². The molecule has 0 aromatic rings. The molecule has 0 fully saturated rings. The van der Waals surface area contributed by atoms with Gasteiger partial charge in [-0.2, -0.15) is 0 Å². The third-order valence-electron chi connectivity index (χ3n) is 1.59. The predicted molar refractivity (Wildman–Crippen MR) is 48.0 cm³/mol. The number of carbonyl (C=O) groups excluding carboxylic acids is 1. The summed E-state index contributed by atoms with van der Waals surface area (Å²) in [6.45, 7) is 2.93. The molecule has 0 saturated carbocycles. The van der Waals surface area contributed by atoms with Gasteiger partial charge in [-0.05, 0) is 12.3 Å². The molecule has 0 saturated heterocycles. The van der Waals surface area contributed by atoms with Crippen LogP contribution in [0, 0.1) is 5.92 Å². The molecule has 0 heterocycles. The van der Waals surface area contributed by atoms with Crippen LogP contribution in [0.3, 0.4) is 0 Å². The Kier molecular flexibility index (Phi) is 13.4. The molecule has 0 spiro atoms. The summed E-state index contributed by atoms with van der Waals surface area (Å²) in [7, 11) is -4.03. The smallest absolute Gasteiger partial charge is 0.787 e. The zero-order chi connectivity index (χ0) is 11.4. The van der Waals surface area contributed by atoms with Gasteiger partial charge in [0.15, 0.2) is 0 Å². The van der Waals surface area contributed by atoms with Crippen molar-refractivity contribution >= 4 is 13.5 Å². The second-order valence-corrected chi connectivity index (χ2v) is 5.67. The number of hydrogen-bond donors (Lipinski definition) is 2. The molecule has 0 aromatic heterocycles. The van der Waals surface area contributed by atoms with Gasteiger partial charge in [0.2, 0.25) is 0 Å². The molecular formula is C7H15Li2N2O4P. The van der Waals surface area contributed by atoms with Crippen LogP contribution in [-0.2, 0) is 9.36 Å². The van der Waals surface area contributed by atoms with E-state index in [1.165, 1.54) is 0 Å². The van der Waals surface area contributed by atoms with Crippen molar-refractivity contribution in [2.24, 2.45) is 11.7 Å². The number of carbonyl (C=O) groups is 1. The third kappa shape index (κ3) is 9.96. The molecular weight excluding hydrogens is 221 g/mol. The molecule has 3 N–H and O–H groups in total. The van der Waals surface area contributed by atoms with Gasteiger partial charge in [-0.15, -0.1) is 0 Å². The van der Waals surface area contributed by atoms with Gasteiger partial charge < -0.3 is 25.1 Å². The maximum atomic E-state index is 11.3. The monoisotopic (exact) mass is 236 g/mol. The number of carboxylic acids is 1. The van der Waals surface area contributed by atoms with Gasteiger partial charge in [0.25, 0.3) is 0 Å². The van der Waals surface area contributed by atoms with Crippen molar-refractivity contribution in [1.82, 2.24) is 5.09 Å². The summed E-state index contributed by atoms with van der Waals surface area (Å²) < 4.78 is 11.3. The molecule has 0 amide bonds. The largest absolute Gasteiger partial charge is 1.00 e. The molecule has 9 heteroatoms. The van der Waals surface area contributed by atoms with Crippen molar-refractivity contribution in [3.63, 3.8) is 0 Å². The summed E-state index contributed by atoms with van der Waals surface area (Å²) >= 11 is 0. The van der Waals surface area contributed by atoms with Crippen LogP contribution in [0.25, 0.3) is 0 Å². The summed E-state index contributed by atoms with van der Waals surface area (Å²) in [5, 5.41) is 11.9. The third-order valence-corrected chi connectivity index (χ3v) is 3.28. The van der Waals surface area contributed by atoms with E-state index in [4.69, 9.17) is 5.73 Å². The standard InChI is InChI=1S/C7H17N2O4P.2Li/c1-5(2)3-6(8)14(12,13)9-4-7(10)11;;/h5-6H,3-4,8H2,1-2H3,(H,10,11)(H2,9,12,13);;/q;2*+1/p-2. The van der Waals surface area contributed by atoms with Crippen LogP contribution in [0.5, 0.6) is 0 Å². The number of hydrogen-bond acceptors (Lipinski definition) is 5. The summed E-state index contributed by atoms with van der Waals surface area (Å²) in [6, 6.07) is 0. The quantitative estimate of drug-likeness (QED) is 0.349. The molecule has 0 aliphatic heterocycles. The molecule has 16 heavy (non-hydrogen) atoms. The minimum absolute atomic E-state index is 0. The van der Waals surface area contributed by atoms with E-state index in [1.54, 1.807) is 0 Å². The summed E-state index contributed by atoms with van der Waals surface area (Å²) in [5.74, 6) is -2.39. The normalized spacial score (nSPS) is 15.6. The molecule has 84 valence electrons. The fourth-order valence-corrected chi connectivity index (χ4v) is 2.20. The first-order valence-corrected chi connectivity index (χ1v) is 5.96. The van der Waals surface area contributed by atoms with Crippen molar-refractivity contribution in [3.05, 3.63) is 0 Å². The van der Waals surface area contributed by atoms with Crippen LogP contribution in [0.1, 0.15) is 20.3 Å². The van der Waals surface area contributed by atoms with Gasteiger partial charge in [0.05, 0.1) is 19.3 Å². The zero-order valence-electron chi connectivity index (χ0n) is 10.2. The van der Waals surface area contributed by atoms with Crippen molar-refractivity contribution in [2.45, 2.75) is 26.1 Å². The molecule has 0 bridgehead atoms. The zero-order valence-corrected chi connectivity index (χ0v) is 11.1. The minimum atomic E-state index is -4.03. The van der Waals surface area contributed by atoms with E-state index in [0.717, 1.165) is 0 Å². The Bertz CT molecular complexity index is 253. The Balaban J connectivity index is -0.000000845. The Morgan fingerprint density at radius 2 is 1.88 bits per heavy atom. The maximum absolute atomic E-state index is 11.3. The van der Waals surface area contributed by atoms with E-state index in [9.17, 15) is 19.4 Å². The van der Waals surface area contributed by atoms with Crippen LogP contribution >= 0.6 is 7.52 Å². The first-order valence-electron chi connectivity index (χ1n) is 4.27. The first-order chi connectivity index (χ1) is 6.25. The maximum Gasteiger partial charge on any atom is 1.00 e. The summed E-state index contributed by atoms with van der Waals surface area (Å²) in [4.78, 5) is 21.3. The Labute approximate surface area is 120 Å². The Morgan fingerprint density at radius 1 is 1.44 bits per heavy atom. The SMILES string of the molecule is CC(C)CC(N)P(=O)([O-])NCC(=O)[O-].[Li+].[Li+]. The molecule has 6 nitrogen and oxygen atoms in total. The van der Waals surface area contributed by atoms with Crippen LogP contribution in [0.4, 0.5) is 0 Å². The van der Waals surface area contributed by atoms with E-state index in [0.29, 0.717) is 6.42 Å². The van der Waals surface area contributed by atoms with Gasteiger partial charge in [-0.1, -0.05) is 13.8 Å². The predicted octanol–water partition coefficient (Wildman–Crippen LogP) is -7.78. The molecule has 0 rings (SSSR count). The van der Waals surface area contributed by atoms with Crippen LogP contribution < -0.4 is 58.5 Å². The summed E-state index contributed by atoms with van der Waals surface area (Å²) in [5.41, 5.74) is 5.39. The number of nitrogens with two attached hydrogens (primary N) is 1. The fraction of sp³-hybridized carbons (Fsp3) is 0.857. The van der Waals surface area contributed by atoms with Gasteiger partial charge in [0.1, 0.15) is 0 Å². The molecule has 0 aromatic carbocycles. The fourth-order valence-electron chi connectivity index (χ4n) is 0.914. The topological polar surface area (TPSA) is 118 Å². The average Bonchev–Trinajstić information content (AvgIpc) is 1.99. The van der Waals surface area contributed by atoms with Crippen LogP contribution in [0.15, 0.2) is 0 Å². The second-order valence-electron chi connectivity index (χ2n) is 3.50. The summed E-state index contributed by atoms with van der Waals surface area (Å²) in [6.07, 6.45) is 0.292. The second kappa shape index (κ2) is 9.77. The minimum Gasteiger partial charge on any atom is -0.787 e. The number of carboxylic acid groups (broad SMARTS) is 1. The average molecular weight is 236 g/mol. The van der Waals surface area contributed by atoms with Crippen molar-refractivity contribution in [1.29, 1.82) is 0 Å². The van der Waals surface area contributed by atoms with Gasteiger partial charge in [-0.3, -0.25) is 5.09 Å². The number of rotatable bonds is 6. The molecule has 0 aliphatic rings. The molecule has 0 radical (unpaired) electrons. The van der Waals surface area contributed by atoms with Crippen LogP contribution in [-0.4, -0.2) is 18.3 Å². The van der Waals surface area contributed by atoms with Crippen LogP contribution in [0.2, 0.25) is 0 Å². The van der Waals surface area contributed by atoms with E-state index in [-0.39, 0.29) is 43.6 Å². The van der Waals surface area contributed by atoms with Gasteiger partial charge in [0, 0.05) is 6.54 Å². The van der Waals surface area contributed by atoms with Gasteiger partial charge >= 0.3 is 37.7 Å². The Hall–Kier alpha value is 0.775. The number of aliphatic carboxylic acids is 1. The van der Waals surface area contributed by atoms with E-state index < -0.39 is 25.8 Å². The molecule has 2 unspecified atom stereocenters. The van der Waals surface area contributed by atoms with Crippen molar-refractivity contribution in [3.8, 4) is 0 Å². The molecule has 2 atom stereocenters. The van der Waals surface area contributed by atoms with E-state index >= 15 is 0 Å². The first kappa shape index (κ1) is 22.0. The molecule has 0 aliphatic carbocycles. The number of nitrogens with one attached hydrogen (secondary N) is 1. The van der Waals surface area contributed by atoms with Crippen molar-refractivity contribution < 1.29 is 57.1 Å². The van der Waals surface area contributed by atoms with Crippen molar-refractivity contribution in [2.75, 3.05) is 6.54 Å². The van der Waals surface area contributed by atoms with Gasteiger partial charge in [-0.25, -0.2) is 0 Å². The van der Waals surface area contributed by atoms with E-state index in [1.807, 2.05) is 18.9 Å². The Morgan fingerprint density at radius 3 is 2.19 bits per heavy atom.